The maximum Gasteiger partial charge on any atom is 0.289 e. The van der Waals surface area contributed by atoms with Gasteiger partial charge in [0.15, 0.2) is 11.9 Å². The third-order valence-electron chi connectivity index (χ3n) is 4.67. The van der Waals surface area contributed by atoms with Crippen LogP contribution in [0.2, 0.25) is 0 Å². The van der Waals surface area contributed by atoms with Crippen molar-refractivity contribution >= 4 is 11.6 Å². The summed E-state index contributed by atoms with van der Waals surface area (Å²) in [5.41, 5.74) is 1.82. The van der Waals surface area contributed by atoms with Crippen LogP contribution in [0.3, 0.4) is 0 Å². The Balaban J connectivity index is 1.49. The summed E-state index contributed by atoms with van der Waals surface area (Å²) in [6.07, 6.45) is 1.46. The van der Waals surface area contributed by atoms with E-state index in [0.717, 1.165) is 5.56 Å². The highest BCUT2D eigenvalue weighted by molar-refractivity contribution is 6.01. The largest absolute Gasteiger partial charge is 0.459 e. The summed E-state index contributed by atoms with van der Waals surface area (Å²) >= 11 is 0. The number of hydrogen-bond acceptors (Lipinski definition) is 4. The lowest BCUT2D eigenvalue weighted by molar-refractivity contribution is 0.0385. The molecule has 1 amide bonds. The molecule has 1 aliphatic heterocycles. The summed E-state index contributed by atoms with van der Waals surface area (Å²) < 4.78 is 32.5. The predicted octanol–water partition coefficient (Wildman–Crippen LogP) is 4.39. The molecule has 0 N–H and O–H groups in total. The van der Waals surface area contributed by atoms with Gasteiger partial charge in [0, 0.05) is 18.5 Å². The molecule has 3 aromatic rings. The van der Waals surface area contributed by atoms with Gasteiger partial charge in [0.1, 0.15) is 11.6 Å². The second-order valence-corrected chi connectivity index (χ2v) is 6.73. The molecule has 0 fully saturated rings. The number of carbonyl (C=O) groups excluding carboxylic acids is 1. The van der Waals surface area contributed by atoms with Crippen LogP contribution in [0.15, 0.2) is 76.5 Å². The van der Waals surface area contributed by atoms with Crippen molar-refractivity contribution in [3.63, 3.8) is 0 Å². The summed E-state index contributed by atoms with van der Waals surface area (Å²) in [6, 6.07) is 15.5. The maximum absolute atomic E-state index is 14.1. The Labute approximate surface area is 166 Å². The molecule has 0 bridgehead atoms. The summed E-state index contributed by atoms with van der Waals surface area (Å²) in [7, 11) is 0. The lowest BCUT2D eigenvalue weighted by Gasteiger charge is -2.24. The standard InChI is InChI=1S/C22H18F2N2O3/c23-17-9-7-15(8-10-17)20-12-18(29-25-20)14-26(22(27)21-6-3-11-28-21)13-16-4-1-2-5-19(16)24/h1-11,18H,12-14H2/t18-/m1/s1. The molecule has 0 spiro atoms. The van der Waals surface area contributed by atoms with Gasteiger partial charge in [-0.1, -0.05) is 35.5 Å². The molecule has 4 rings (SSSR count). The first-order valence-corrected chi connectivity index (χ1v) is 9.15. The zero-order chi connectivity index (χ0) is 20.2. The van der Waals surface area contributed by atoms with Crippen LogP contribution >= 0.6 is 0 Å². The summed E-state index contributed by atoms with van der Waals surface area (Å²) in [5.74, 6) is -0.915. The number of rotatable bonds is 6. The van der Waals surface area contributed by atoms with Gasteiger partial charge < -0.3 is 14.2 Å². The van der Waals surface area contributed by atoms with Crippen LogP contribution in [0, 0.1) is 11.6 Å². The lowest BCUT2D eigenvalue weighted by atomic mass is 10.0. The molecular weight excluding hydrogens is 378 g/mol. The minimum atomic E-state index is -0.402. The first-order valence-electron chi connectivity index (χ1n) is 9.15. The van der Waals surface area contributed by atoms with E-state index in [-0.39, 0.29) is 36.4 Å². The molecule has 1 aromatic heterocycles. The van der Waals surface area contributed by atoms with Crippen molar-refractivity contribution in [3.8, 4) is 0 Å². The second kappa shape index (κ2) is 8.26. The molecule has 2 aromatic carbocycles. The van der Waals surface area contributed by atoms with E-state index in [1.54, 1.807) is 42.5 Å². The van der Waals surface area contributed by atoms with Crippen LogP contribution in [0.4, 0.5) is 8.78 Å². The summed E-state index contributed by atoms with van der Waals surface area (Å²) in [6.45, 7) is 0.264. The Morgan fingerprint density at radius 2 is 1.86 bits per heavy atom. The Morgan fingerprint density at radius 1 is 1.07 bits per heavy atom. The molecular formula is C22H18F2N2O3. The molecule has 0 saturated carbocycles. The zero-order valence-electron chi connectivity index (χ0n) is 15.4. The van der Waals surface area contributed by atoms with Crippen molar-refractivity contribution < 1.29 is 22.8 Å². The molecule has 0 saturated heterocycles. The van der Waals surface area contributed by atoms with Crippen molar-refractivity contribution in [1.82, 2.24) is 4.90 Å². The average molecular weight is 396 g/mol. The summed E-state index contributed by atoms with van der Waals surface area (Å²) in [5, 5.41) is 4.08. The number of carbonyl (C=O) groups is 1. The van der Waals surface area contributed by atoms with Crippen molar-refractivity contribution in [2.24, 2.45) is 5.16 Å². The van der Waals surface area contributed by atoms with Crippen molar-refractivity contribution in [2.45, 2.75) is 19.1 Å². The van der Waals surface area contributed by atoms with Gasteiger partial charge in [0.05, 0.1) is 18.5 Å². The number of amides is 1. The fourth-order valence-corrected chi connectivity index (χ4v) is 3.19. The predicted molar refractivity (Wildman–Crippen MR) is 102 cm³/mol. The van der Waals surface area contributed by atoms with Crippen LogP contribution < -0.4 is 0 Å². The Kier molecular flexibility index (Phi) is 5.37. The fraction of sp³-hybridized carbons (Fsp3) is 0.182. The van der Waals surface area contributed by atoms with E-state index < -0.39 is 6.10 Å². The quantitative estimate of drug-likeness (QED) is 0.621. The number of benzene rings is 2. The normalized spacial score (nSPS) is 15.7. The lowest BCUT2D eigenvalue weighted by Crippen LogP contribution is -2.37. The first-order chi connectivity index (χ1) is 14.1. The van der Waals surface area contributed by atoms with Gasteiger partial charge in [-0.2, -0.15) is 0 Å². The molecule has 0 radical (unpaired) electrons. The number of nitrogens with zero attached hydrogens (tertiary/aromatic N) is 2. The van der Waals surface area contributed by atoms with E-state index in [4.69, 9.17) is 9.25 Å². The maximum atomic E-state index is 14.1. The fourth-order valence-electron chi connectivity index (χ4n) is 3.19. The average Bonchev–Trinajstić information content (AvgIpc) is 3.41. The van der Waals surface area contributed by atoms with Gasteiger partial charge >= 0.3 is 0 Å². The Hall–Kier alpha value is -3.48. The minimum Gasteiger partial charge on any atom is -0.459 e. The molecule has 2 heterocycles. The smallest absolute Gasteiger partial charge is 0.289 e. The van der Waals surface area contributed by atoms with Gasteiger partial charge in [-0.3, -0.25) is 4.79 Å². The van der Waals surface area contributed by atoms with Crippen LogP contribution in [0.25, 0.3) is 0 Å². The van der Waals surface area contributed by atoms with Crippen molar-refractivity contribution in [3.05, 3.63) is 95.4 Å². The van der Waals surface area contributed by atoms with Gasteiger partial charge in [0.2, 0.25) is 0 Å². The molecule has 1 aliphatic rings. The van der Waals surface area contributed by atoms with Gasteiger partial charge in [-0.15, -0.1) is 0 Å². The third-order valence-corrected chi connectivity index (χ3v) is 4.67. The van der Waals surface area contributed by atoms with E-state index in [9.17, 15) is 13.6 Å². The molecule has 7 heteroatoms. The molecule has 5 nitrogen and oxygen atoms in total. The van der Waals surface area contributed by atoms with Gasteiger partial charge in [0.25, 0.3) is 5.91 Å². The Morgan fingerprint density at radius 3 is 2.59 bits per heavy atom. The molecule has 0 aliphatic carbocycles. The second-order valence-electron chi connectivity index (χ2n) is 6.73. The topological polar surface area (TPSA) is 55.0 Å². The molecule has 1 atom stereocenters. The molecule has 148 valence electrons. The van der Waals surface area contributed by atoms with E-state index in [0.29, 0.717) is 17.7 Å². The van der Waals surface area contributed by atoms with E-state index in [1.165, 1.54) is 29.4 Å². The van der Waals surface area contributed by atoms with E-state index in [1.807, 2.05) is 0 Å². The zero-order valence-corrected chi connectivity index (χ0v) is 15.4. The number of hydrogen-bond donors (Lipinski definition) is 0. The van der Waals surface area contributed by atoms with Crippen molar-refractivity contribution in [2.75, 3.05) is 6.54 Å². The number of oxime groups is 1. The van der Waals surface area contributed by atoms with Crippen LogP contribution in [-0.4, -0.2) is 29.2 Å². The molecule has 29 heavy (non-hydrogen) atoms. The number of furan rings is 1. The SMILES string of the molecule is O=C(c1ccco1)N(Cc1ccccc1F)C[C@H]1CC(c2ccc(F)cc2)=NO1. The van der Waals surface area contributed by atoms with Crippen LogP contribution in [0.5, 0.6) is 0 Å². The highest BCUT2D eigenvalue weighted by atomic mass is 19.1. The van der Waals surface area contributed by atoms with E-state index >= 15 is 0 Å². The highest BCUT2D eigenvalue weighted by Gasteiger charge is 2.28. The van der Waals surface area contributed by atoms with Crippen molar-refractivity contribution in [1.29, 1.82) is 0 Å². The van der Waals surface area contributed by atoms with Gasteiger partial charge in [-0.25, -0.2) is 8.78 Å². The summed E-state index contributed by atoms with van der Waals surface area (Å²) in [4.78, 5) is 19.8. The van der Waals surface area contributed by atoms with Gasteiger partial charge in [-0.05, 0) is 35.9 Å². The van der Waals surface area contributed by atoms with Crippen LogP contribution in [-0.2, 0) is 11.4 Å². The molecule has 0 unspecified atom stereocenters. The van der Waals surface area contributed by atoms with Crippen LogP contribution in [0.1, 0.15) is 28.1 Å². The monoisotopic (exact) mass is 396 g/mol. The highest BCUT2D eigenvalue weighted by Crippen LogP contribution is 2.21. The first kappa shape index (κ1) is 18.9. The number of halogens is 2. The minimum absolute atomic E-state index is 0.0674. The Bertz CT molecular complexity index is 1020. The van der Waals surface area contributed by atoms with E-state index in [2.05, 4.69) is 5.16 Å². The third kappa shape index (κ3) is 4.34.